The lowest BCUT2D eigenvalue weighted by atomic mass is 10.2. The molecule has 0 aliphatic carbocycles. The smallest absolute Gasteiger partial charge is 0.421 e. The average Bonchev–Trinajstić information content (AvgIpc) is 2.82. The highest BCUT2D eigenvalue weighted by molar-refractivity contribution is 7.13. The van der Waals surface area contributed by atoms with Crippen LogP contribution in [-0.2, 0) is 4.74 Å². The summed E-state index contributed by atoms with van der Waals surface area (Å²) < 4.78 is 5.41. The zero-order chi connectivity index (χ0) is 13.9. The summed E-state index contributed by atoms with van der Waals surface area (Å²) in [6.45, 7) is 5.49. The van der Waals surface area contributed by atoms with Gasteiger partial charge < -0.3 is 4.74 Å². The van der Waals surface area contributed by atoms with Gasteiger partial charge in [0.05, 0.1) is 5.69 Å². The standard InChI is InChI=1S/C13H15N3O2S/c1-13(2,3)18-12(17)16(11-15-8-9-19-11)10-4-6-14-7-5-10/h4-9H,1-3H3. The second-order valence-electron chi connectivity index (χ2n) is 4.84. The summed E-state index contributed by atoms with van der Waals surface area (Å²) in [5, 5.41) is 2.38. The van der Waals surface area contributed by atoms with Crippen LogP contribution in [0, 0.1) is 0 Å². The monoisotopic (exact) mass is 277 g/mol. The maximum Gasteiger partial charge on any atom is 0.421 e. The van der Waals surface area contributed by atoms with E-state index in [1.54, 1.807) is 30.7 Å². The molecule has 0 atom stereocenters. The van der Waals surface area contributed by atoms with Gasteiger partial charge in [-0.2, -0.15) is 0 Å². The van der Waals surface area contributed by atoms with Gasteiger partial charge in [-0.3, -0.25) is 4.98 Å². The van der Waals surface area contributed by atoms with Crippen LogP contribution in [0.4, 0.5) is 15.6 Å². The first-order valence-electron chi connectivity index (χ1n) is 5.80. The number of pyridine rings is 1. The Labute approximate surface area is 115 Å². The van der Waals surface area contributed by atoms with E-state index >= 15 is 0 Å². The molecule has 0 radical (unpaired) electrons. The van der Waals surface area contributed by atoms with Gasteiger partial charge in [-0.05, 0) is 32.9 Å². The second kappa shape index (κ2) is 5.36. The minimum atomic E-state index is -0.556. The molecule has 2 rings (SSSR count). The van der Waals surface area contributed by atoms with Crippen molar-refractivity contribution >= 4 is 28.2 Å². The molecule has 100 valence electrons. The van der Waals surface area contributed by atoms with Gasteiger partial charge in [0.15, 0.2) is 5.13 Å². The Morgan fingerprint density at radius 1 is 1.26 bits per heavy atom. The Balaban J connectivity index is 2.34. The van der Waals surface area contributed by atoms with Gasteiger partial charge in [0, 0.05) is 24.0 Å². The van der Waals surface area contributed by atoms with Gasteiger partial charge in [-0.25, -0.2) is 14.7 Å². The normalized spacial score (nSPS) is 11.1. The fourth-order valence-corrected chi connectivity index (χ4v) is 2.07. The van der Waals surface area contributed by atoms with Crippen LogP contribution in [0.5, 0.6) is 0 Å². The van der Waals surface area contributed by atoms with Crippen LogP contribution in [-0.4, -0.2) is 21.7 Å². The number of anilines is 2. The summed E-state index contributed by atoms with van der Waals surface area (Å²) in [4.78, 5) is 21.9. The first kappa shape index (κ1) is 13.5. The minimum absolute atomic E-state index is 0.450. The van der Waals surface area contributed by atoms with Gasteiger partial charge in [0.25, 0.3) is 0 Å². The van der Waals surface area contributed by atoms with Gasteiger partial charge in [0.2, 0.25) is 0 Å². The van der Waals surface area contributed by atoms with Crippen molar-refractivity contribution in [3.63, 3.8) is 0 Å². The Bertz CT molecular complexity index is 535. The van der Waals surface area contributed by atoms with E-state index in [2.05, 4.69) is 9.97 Å². The van der Waals surface area contributed by atoms with Crippen LogP contribution in [0.25, 0.3) is 0 Å². The Hall–Kier alpha value is -1.95. The zero-order valence-electron chi connectivity index (χ0n) is 11.0. The minimum Gasteiger partial charge on any atom is -0.443 e. The molecule has 0 spiro atoms. The van der Waals surface area contributed by atoms with Gasteiger partial charge in [-0.15, -0.1) is 11.3 Å². The fourth-order valence-electron chi connectivity index (χ4n) is 1.42. The number of nitrogens with zero attached hydrogens (tertiary/aromatic N) is 3. The van der Waals surface area contributed by atoms with Crippen molar-refractivity contribution in [3.8, 4) is 0 Å². The van der Waals surface area contributed by atoms with Gasteiger partial charge in [-0.1, -0.05) is 0 Å². The number of rotatable bonds is 2. The number of thiazole rings is 1. The Kier molecular flexibility index (Phi) is 3.80. The quantitative estimate of drug-likeness (QED) is 0.841. The highest BCUT2D eigenvalue weighted by Crippen LogP contribution is 2.28. The molecular weight excluding hydrogens is 262 g/mol. The number of aromatic nitrogens is 2. The number of ether oxygens (including phenoxy) is 1. The number of hydrogen-bond acceptors (Lipinski definition) is 5. The molecule has 2 aromatic heterocycles. The molecular formula is C13H15N3O2S. The predicted molar refractivity (Wildman–Crippen MR) is 74.7 cm³/mol. The van der Waals surface area contributed by atoms with E-state index in [4.69, 9.17) is 4.74 Å². The number of amides is 1. The molecule has 0 saturated carbocycles. The maximum atomic E-state index is 12.3. The molecule has 1 amide bonds. The van der Waals surface area contributed by atoms with Crippen molar-refractivity contribution in [3.05, 3.63) is 36.1 Å². The van der Waals surface area contributed by atoms with Crippen molar-refractivity contribution in [1.82, 2.24) is 9.97 Å². The van der Waals surface area contributed by atoms with E-state index < -0.39 is 11.7 Å². The van der Waals surface area contributed by atoms with Crippen molar-refractivity contribution in [1.29, 1.82) is 0 Å². The lowest BCUT2D eigenvalue weighted by molar-refractivity contribution is 0.0599. The van der Waals surface area contributed by atoms with E-state index in [0.717, 1.165) is 0 Å². The summed E-state index contributed by atoms with van der Waals surface area (Å²) >= 11 is 1.37. The van der Waals surface area contributed by atoms with Crippen LogP contribution in [0.15, 0.2) is 36.1 Å². The summed E-state index contributed by atoms with van der Waals surface area (Å²) in [6, 6.07) is 3.48. The Morgan fingerprint density at radius 3 is 2.47 bits per heavy atom. The molecule has 0 aliphatic rings. The largest absolute Gasteiger partial charge is 0.443 e. The second-order valence-corrected chi connectivity index (χ2v) is 5.71. The average molecular weight is 277 g/mol. The predicted octanol–water partition coefficient (Wildman–Crippen LogP) is 3.61. The van der Waals surface area contributed by atoms with E-state index in [9.17, 15) is 4.79 Å². The number of hydrogen-bond donors (Lipinski definition) is 0. The summed E-state index contributed by atoms with van der Waals surface area (Å²) in [5.41, 5.74) is 0.124. The molecule has 5 nitrogen and oxygen atoms in total. The summed E-state index contributed by atoms with van der Waals surface area (Å²) in [5.74, 6) is 0. The molecule has 0 bridgehead atoms. The summed E-state index contributed by atoms with van der Waals surface area (Å²) in [7, 11) is 0. The van der Waals surface area contributed by atoms with Gasteiger partial charge in [0.1, 0.15) is 5.60 Å². The molecule has 0 aliphatic heterocycles. The fraction of sp³-hybridized carbons (Fsp3) is 0.308. The third kappa shape index (κ3) is 3.51. The topological polar surface area (TPSA) is 55.3 Å². The van der Waals surface area contributed by atoms with E-state index in [1.807, 2.05) is 26.2 Å². The molecule has 0 aromatic carbocycles. The molecule has 0 unspecified atom stereocenters. The number of carbonyl (C=O) groups excluding carboxylic acids is 1. The molecule has 0 N–H and O–H groups in total. The third-order valence-corrected chi connectivity index (χ3v) is 2.86. The lowest BCUT2D eigenvalue weighted by Crippen LogP contribution is -2.33. The summed E-state index contributed by atoms with van der Waals surface area (Å²) in [6.07, 6.45) is 4.45. The van der Waals surface area contributed by atoms with Crippen LogP contribution in [0.2, 0.25) is 0 Å². The van der Waals surface area contributed by atoms with Crippen LogP contribution < -0.4 is 4.90 Å². The molecule has 0 fully saturated rings. The van der Waals surface area contributed by atoms with Crippen molar-refractivity contribution in [2.24, 2.45) is 0 Å². The van der Waals surface area contributed by atoms with E-state index in [0.29, 0.717) is 10.8 Å². The van der Waals surface area contributed by atoms with Crippen molar-refractivity contribution in [2.75, 3.05) is 4.90 Å². The van der Waals surface area contributed by atoms with Gasteiger partial charge >= 0.3 is 6.09 Å². The third-order valence-electron chi connectivity index (χ3n) is 2.11. The zero-order valence-corrected chi connectivity index (χ0v) is 11.8. The first-order chi connectivity index (χ1) is 8.97. The highest BCUT2D eigenvalue weighted by atomic mass is 32.1. The van der Waals surface area contributed by atoms with Crippen LogP contribution in [0.3, 0.4) is 0 Å². The van der Waals surface area contributed by atoms with Crippen molar-refractivity contribution < 1.29 is 9.53 Å². The molecule has 2 aromatic rings. The number of carbonyl (C=O) groups is 1. The molecule has 0 saturated heterocycles. The maximum absolute atomic E-state index is 12.3. The molecule has 6 heteroatoms. The SMILES string of the molecule is CC(C)(C)OC(=O)N(c1ccncc1)c1nccs1. The van der Waals surface area contributed by atoms with Crippen LogP contribution >= 0.6 is 11.3 Å². The molecule has 2 heterocycles. The molecule has 19 heavy (non-hydrogen) atoms. The first-order valence-corrected chi connectivity index (χ1v) is 6.68. The van der Waals surface area contributed by atoms with E-state index in [-0.39, 0.29) is 0 Å². The van der Waals surface area contributed by atoms with E-state index in [1.165, 1.54) is 16.2 Å². The van der Waals surface area contributed by atoms with Crippen LogP contribution in [0.1, 0.15) is 20.8 Å². The Morgan fingerprint density at radius 2 is 1.95 bits per heavy atom. The highest BCUT2D eigenvalue weighted by Gasteiger charge is 2.26. The van der Waals surface area contributed by atoms with Crippen molar-refractivity contribution in [2.45, 2.75) is 26.4 Å². The lowest BCUT2D eigenvalue weighted by Gasteiger charge is -2.25.